The lowest BCUT2D eigenvalue weighted by atomic mass is 10.0. The highest BCUT2D eigenvalue weighted by Gasteiger charge is 2.26. The van der Waals surface area contributed by atoms with Crippen LogP contribution in [0.25, 0.3) is 9.53 Å². The lowest BCUT2D eigenvalue weighted by Crippen LogP contribution is -2.44. The summed E-state index contributed by atoms with van der Waals surface area (Å²) < 4.78 is 6.90. The largest absolute Gasteiger partial charge is 0.491 e. The number of piperazine rings is 1. The molecule has 7 nitrogen and oxygen atoms in total. The van der Waals surface area contributed by atoms with Crippen LogP contribution in [-0.2, 0) is 6.42 Å². The highest BCUT2D eigenvalue weighted by Crippen LogP contribution is 2.37. The smallest absolute Gasteiger partial charge is 0.263 e. The normalized spacial score (nSPS) is 19.1. The molecule has 0 spiro atoms. The first-order chi connectivity index (χ1) is 14.1. The predicted octanol–water partition coefficient (Wildman–Crippen LogP) is 2.39. The number of rotatable bonds is 3. The van der Waals surface area contributed by atoms with E-state index in [1.807, 2.05) is 6.92 Å². The first-order valence-corrected chi connectivity index (χ1v) is 11.4. The molecule has 29 heavy (non-hydrogen) atoms. The van der Waals surface area contributed by atoms with Gasteiger partial charge in [-0.2, -0.15) is 0 Å². The molecule has 0 aliphatic carbocycles. The standard InChI is InChI=1S/C20H23N5O2S2/c1-11-23-20-18(28-11)16(21)17(29-20)19(26)24-13-8-12-2-3-14(9-15(12)27-10-13)25-6-4-22-5-7-25/h2-3,9,13,22H,4-8,10,21H2,1H3,(H,24,26)/t13-/m1/s1. The van der Waals surface area contributed by atoms with E-state index in [-0.39, 0.29) is 11.9 Å². The van der Waals surface area contributed by atoms with Crippen LogP contribution in [0.5, 0.6) is 5.75 Å². The number of aromatic nitrogens is 1. The number of thiophene rings is 1. The van der Waals surface area contributed by atoms with E-state index in [2.05, 4.69) is 38.7 Å². The lowest BCUT2D eigenvalue weighted by Gasteiger charge is -2.31. The monoisotopic (exact) mass is 429 g/mol. The van der Waals surface area contributed by atoms with Gasteiger partial charge in [-0.15, -0.1) is 22.7 Å². The predicted molar refractivity (Wildman–Crippen MR) is 119 cm³/mol. The summed E-state index contributed by atoms with van der Waals surface area (Å²) in [6.07, 6.45) is 0.750. The Morgan fingerprint density at radius 2 is 2.17 bits per heavy atom. The van der Waals surface area contributed by atoms with E-state index in [1.165, 1.54) is 28.4 Å². The molecule has 5 rings (SSSR count). The van der Waals surface area contributed by atoms with Crippen LogP contribution in [-0.4, -0.2) is 49.7 Å². The zero-order valence-electron chi connectivity index (χ0n) is 16.2. The number of aryl methyl sites for hydroxylation is 1. The van der Waals surface area contributed by atoms with Crippen LogP contribution in [0.3, 0.4) is 0 Å². The Bertz CT molecular complexity index is 1070. The second-order valence-corrected chi connectivity index (χ2v) is 9.63. The third-order valence-electron chi connectivity index (χ3n) is 5.37. The number of fused-ring (bicyclic) bond motifs is 2. The van der Waals surface area contributed by atoms with Gasteiger partial charge in [0.25, 0.3) is 5.91 Å². The minimum absolute atomic E-state index is 0.0748. The van der Waals surface area contributed by atoms with E-state index in [9.17, 15) is 4.79 Å². The van der Waals surface area contributed by atoms with Crippen molar-refractivity contribution in [2.24, 2.45) is 0 Å². The number of carbonyl (C=O) groups is 1. The van der Waals surface area contributed by atoms with Gasteiger partial charge in [0.1, 0.15) is 22.1 Å². The summed E-state index contributed by atoms with van der Waals surface area (Å²) in [6, 6.07) is 6.32. The van der Waals surface area contributed by atoms with Crippen LogP contribution in [0.1, 0.15) is 20.2 Å². The number of nitrogen functional groups attached to an aromatic ring is 1. The van der Waals surface area contributed by atoms with Crippen molar-refractivity contribution in [2.45, 2.75) is 19.4 Å². The van der Waals surface area contributed by atoms with Crippen LogP contribution in [0, 0.1) is 6.92 Å². The molecule has 1 saturated heterocycles. The average Bonchev–Trinajstić information content (AvgIpc) is 3.25. The highest BCUT2D eigenvalue weighted by atomic mass is 32.1. The maximum Gasteiger partial charge on any atom is 0.263 e. The Morgan fingerprint density at radius 1 is 1.34 bits per heavy atom. The molecule has 4 N–H and O–H groups in total. The molecule has 1 atom stereocenters. The fourth-order valence-corrected chi connectivity index (χ4v) is 5.99. The fourth-order valence-electron chi connectivity index (χ4n) is 3.90. The molecule has 0 unspecified atom stereocenters. The Hall–Kier alpha value is -2.36. The lowest BCUT2D eigenvalue weighted by molar-refractivity contribution is 0.0920. The number of anilines is 2. The maximum atomic E-state index is 12.8. The van der Waals surface area contributed by atoms with Crippen molar-refractivity contribution < 1.29 is 9.53 Å². The number of nitrogens with zero attached hydrogens (tertiary/aromatic N) is 2. The number of carbonyl (C=O) groups excluding carboxylic acids is 1. The van der Waals surface area contributed by atoms with Crippen molar-refractivity contribution in [3.8, 4) is 5.75 Å². The molecule has 2 aliphatic heterocycles. The summed E-state index contributed by atoms with van der Waals surface area (Å²) in [6.45, 7) is 6.42. The van der Waals surface area contributed by atoms with Crippen molar-refractivity contribution >= 4 is 49.5 Å². The van der Waals surface area contributed by atoms with Gasteiger partial charge in [0, 0.05) is 37.9 Å². The number of hydrogen-bond acceptors (Lipinski definition) is 8. The number of ether oxygens (including phenoxy) is 1. The van der Waals surface area contributed by atoms with E-state index in [0.29, 0.717) is 17.2 Å². The van der Waals surface area contributed by atoms with Gasteiger partial charge >= 0.3 is 0 Å². The summed E-state index contributed by atoms with van der Waals surface area (Å²) in [5.74, 6) is 0.771. The van der Waals surface area contributed by atoms with Crippen LogP contribution in [0.15, 0.2) is 18.2 Å². The van der Waals surface area contributed by atoms with E-state index in [4.69, 9.17) is 10.5 Å². The first-order valence-electron chi connectivity index (χ1n) is 9.76. The zero-order valence-corrected chi connectivity index (χ0v) is 17.8. The number of hydrogen-bond donors (Lipinski definition) is 3. The van der Waals surface area contributed by atoms with E-state index in [0.717, 1.165) is 58.5 Å². The molecule has 0 saturated carbocycles. The third kappa shape index (κ3) is 3.54. The summed E-state index contributed by atoms with van der Waals surface area (Å²) in [4.78, 5) is 21.0. The Kier molecular flexibility index (Phi) is 4.81. The van der Waals surface area contributed by atoms with Crippen molar-refractivity contribution in [1.82, 2.24) is 15.6 Å². The molecule has 0 radical (unpaired) electrons. The van der Waals surface area contributed by atoms with Crippen molar-refractivity contribution in [3.05, 3.63) is 33.6 Å². The average molecular weight is 430 g/mol. The van der Waals surface area contributed by atoms with Crippen molar-refractivity contribution in [1.29, 1.82) is 0 Å². The van der Waals surface area contributed by atoms with Gasteiger partial charge in [-0.1, -0.05) is 6.07 Å². The molecular weight excluding hydrogens is 406 g/mol. The Morgan fingerprint density at radius 3 is 2.97 bits per heavy atom. The second kappa shape index (κ2) is 7.47. The Balaban J connectivity index is 1.28. The zero-order chi connectivity index (χ0) is 20.0. The minimum Gasteiger partial charge on any atom is -0.491 e. The third-order valence-corrected chi connectivity index (χ3v) is 7.60. The van der Waals surface area contributed by atoms with Crippen LogP contribution in [0.2, 0.25) is 0 Å². The van der Waals surface area contributed by atoms with E-state index < -0.39 is 0 Å². The molecule has 2 aliphatic rings. The van der Waals surface area contributed by atoms with Crippen LogP contribution in [0.4, 0.5) is 11.4 Å². The molecular formula is C20H23N5O2S2. The number of nitrogens with one attached hydrogen (secondary N) is 2. The van der Waals surface area contributed by atoms with Gasteiger partial charge in [-0.05, 0) is 25.0 Å². The van der Waals surface area contributed by atoms with Crippen LogP contribution < -0.4 is 26.0 Å². The van der Waals surface area contributed by atoms with Crippen molar-refractivity contribution in [2.75, 3.05) is 43.4 Å². The molecule has 1 amide bonds. The summed E-state index contributed by atoms with van der Waals surface area (Å²) in [5, 5.41) is 7.42. The van der Waals surface area contributed by atoms with Crippen molar-refractivity contribution in [3.63, 3.8) is 0 Å². The number of amides is 1. The van der Waals surface area contributed by atoms with E-state index >= 15 is 0 Å². The summed E-state index contributed by atoms with van der Waals surface area (Å²) in [5.41, 5.74) is 9.05. The molecule has 1 aromatic carbocycles. The fraction of sp³-hybridized carbons (Fsp3) is 0.400. The SMILES string of the molecule is Cc1nc2sc(C(=O)N[C@H]3COc4cc(N5CCNCC5)ccc4C3)c(N)c2s1. The molecule has 4 heterocycles. The topological polar surface area (TPSA) is 92.5 Å². The second-order valence-electron chi connectivity index (χ2n) is 7.43. The van der Waals surface area contributed by atoms with Gasteiger partial charge in [0.2, 0.25) is 0 Å². The summed E-state index contributed by atoms with van der Waals surface area (Å²) >= 11 is 2.88. The molecule has 0 bridgehead atoms. The van der Waals surface area contributed by atoms with Gasteiger partial charge in [0.15, 0.2) is 0 Å². The number of nitrogens with two attached hydrogens (primary N) is 1. The molecule has 2 aromatic heterocycles. The molecule has 3 aromatic rings. The first kappa shape index (κ1) is 18.7. The molecule has 9 heteroatoms. The molecule has 152 valence electrons. The van der Waals surface area contributed by atoms with Gasteiger partial charge in [-0.3, -0.25) is 4.79 Å². The van der Waals surface area contributed by atoms with Gasteiger partial charge < -0.3 is 26.0 Å². The highest BCUT2D eigenvalue weighted by molar-refractivity contribution is 7.29. The quantitative estimate of drug-likeness (QED) is 0.592. The number of benzene rings is 1. The van der Waals surface area contributed by atoms with Crippen LogP contribution >= 0.6 is 22.7 Å². The maximum absolute atomic E-state index is 12.8. The van der Waals surface area contributed by atoms with E-state index in [1.54, 1.807) is 0 Å². The van der Waals surface area contributed by atoms with Gasteiger partial charge in [-0.25, -0.2) is 4.98 Å². The summed E-state index contributed by atoms with van der Waals surface area (Å²) in [7, 11) is 0. The molecule has 1 fully saturated rings. The Labute approximate surface area is 176 Å². The number of thiazole rings is 1. The minimum atomic E-state index is -0.148. The van der Waals surface area contributed by atoms with Gasteiger partial charge in [0.05, 0.1) is 21.4 Å².